The zero-order valence-electron chi connectivity index (χ0n) is 13.0. The number of carbonyl (C=O) groups is 1. The molecule has 0 aliphatic rings. The first-order valence-electron chi connectivity index (χ1n) is 7.29. The molecule has 0 amide bonds. The maximum absolute atomic E-state index is 13.2. The summed E-state index contributed by atoms with van der Waals surface area (Å²) >= 11 is 0. The van der Waals surface area contributed by atoms with Crippen molar-refractivity contribution in [1.82, 2.24) is 0 Å². The van der Waals surface area contributed by atoms with Gasteiger partial charge >= 0.3 is 11.7 Å². The first kappa shape index (κ1) is 16.4. The Morgan fingerprint density at radius 3 is 2.60 bits per heavy atom. The van der Waals surface area contributed by atoms with Crippen LogP contribution in [-0.2, 0) is 4.74 Å². The van der Waals surface area contributed by atoms with Crippen molar-refractivity contribution in [2.75, 3.05) is 6.61 Å². The van der Waals surface area contributed by atoms with Crippen molar-refractivity contribution in [2.45, 2.75) is 6.92 Å². The molecule has 3 rings (SSSR count). The maximum atomic E-state index is 13.2. The highest BCUT2D eigenvalue weighted by Crippen LogP contribution is 2.39. The molecule has 128 valence electrons. The molecule has 25 heavy (non-hydrogen) atoms. The van der Waals surface area contributed by atoms with E-state index < -0.39 is 28.1 Å². The normalized spacial score (nSPS) is 10.8. The molecule has 0 aliphatic carbocycles. The Labute approximate surface area is 140 Å². The number of halogens is 1. The van der Waals surface area contributed by atoms with Crippen molar-refractivity contribution in [2.24, 2.45) is 0 Å². The summed E-state index contributed by atoms with van der Waals surface area (Å²) in [6, 6.07) is 7.31. The predicted octanol–water partition coefficient (Wildman–Crippen LogP) is 4.03. The van der Waals surface area contributed by atoms with Gasteiger partial charge in [-0.1, -0.05) is 0 Å². The fourth-order valence-corrected chi connectivity index (χ4v) is 2.48. The number of phenols is 1. The molecule has 0 radical (unpaired) electrons. The van der Waals surface area contributed by atoms with E-state index in [1.807, 2.05) is 0 Å². The lowest BCUT2D eigenvalue weighted by Gasteiger charge is -2.03. The van der Waals surface area contributed by atoms with Gasteiger partial charge in [0.1, 0.15) is 22.7 Å². The zero-order chi connectivity index (χ0) is 18.1. The number of hydrogen-bond acceptors (Lipinski definition) is 6. The van der Waals surface area contributed by atoms with E-state index in [0.29, 0.717) is 5.56 Å². The molecule has 0 bridgehead atoms. The molecule has 1 N–H and O–H groups in total. The van der Waals surface area contributed by atoms with E-state index >= 15 is 0 Å². The van der Waals surface area contributed by atoms with Gasteiger partial charge in [-0.25, -0.2) is 9.18 Å². The first-order valence-corrected chi connectivity index (χ1v) is 7.29. The summed E-state index contributed by atoms with van der Waals surface area (Å²) in [5.41, 5.74) is -0.120. The largest absolute Gasteiger partial charge is 0.502 e. The molecule has 0 saturated carbocycles. The number of furan rings is 1. The van der Waals surface area contributed by atoms with Crippen LogP contribution in [0.15, 0.2) is 40.8 Å². The minimum absolute atomic E-state index is 0.00801. The summed E-state index contributed by atoms with van der Waals surface area (Å²) < 4.78 is 23.8. The highest BCUT2D eigenvalue weighted by Gasteiger charge is 2.26. The molecule has 7 nitrogen and oxygen atoms in total. The summed E-state index contributed by atoms with van der Waals surface area (Å²) in [5, 5.41) is 21.0. The Morgan fingerprint density at radius 2 is 2.00 bits per heavy atom. The van der Waals surface area contributed by atoms with Crippen LogP contribution in [0.1, 0.15) is 17.3 Å². The lowest BCUT2D eigenvalue weighted by Crippen LogP contribution is -2.05. The van der Waals surface area contributed by atoms with Gasteiger partial charge in [0, 0.05) is 10.9 Å². The SMILES string of the molecule is CCOC(=O)c1c(-c2ccc(F)cc2)oc2cc([N+](=O)[O-])c(O)cc12. The minimum Gasteiger partial charge on any atom is -0.502 e. The quantitative estimate of drug-likeness (QED) is 0.435. The number of fused-ring (bicyclic) bond motifs is 1. The van der Waals surface area contributed by atoms with Gasteiger partial charge in [-0.2, -0.15) is 0 Å². The van der Waals surface area contributed by atoms with E-state index in [1.165, 1.54) is 24.3 Å². The molecule has 0 aliphatic heterocycles. The number of carbonyl (C=O) groups excluding carboxylic acids is 1. The summed E-state index contributed by atoms with van der Waals surface area (Å²) in [6.45, 7) is 1.73. The predicted molar refractivity (Wildman–Crippen MR) is 85.9 cm³/mol. The van der Waals surface area contributed by atoms with Gasteiger partial charge in [0.05, 0.1) is 17.6 Å². The number of phenolic OH excluding ortho intramolecular Hbond substituents is 1. The average molecular weight is 345 g/mol. The van der Waals surface area contributed by atoms with Crippen molar-refractivity contribution >= 4 is 22.6 Å². The number of esters is 1. The number of aromatic hydroxyl groups is 1. The summed E-state index contributed by atoms with van der Waals surface area (Å²) in [5.74, 6) is -1.71. The summed E-state index contributed by atoms with van der Waals surface area (Å²) in [7, 11) is 0. The van der Waals surface area contributed by atoms with Crippen LogP contribution in [0.5, 0.6) is 5.75 Å². The average Bonchev–Trinajstić information content (AvgIpc) is 2.93. The third-order valence-corrected chi connectivity index (χ3v) is 3.57. The third kappa shape index (κ3) is 2.89. The van der Waals surface area contributed by atoms with E-state index in [0.717, 1.165) is 12.1 Å². The number of nitrogens with zero attached hydrogens (tertiary/aromatic N) is 1. The van der Waals surface area contributed by atoms with Gasteiger partial charge in [-0.05, 0) is 37.3 Å². The molecular formula is C17H12FNO6. The fraction of sp³-hybridized carbons (Fsp3) is 0.118. The highest BCUT2D eigenvalue weighted by atomic mass is 19.1. The molecule has 8 heteroatoms. The van der Waals surface area contributed by atoms with Crippen LogP contribution in [0.25, 0.3) is 22.3 Å². The molecule has 0 unspecified atom stereocenters. The highest BCUT2D eigenvalue weighted by molar-refractivity contribution is 6.09. The molecule has 0 saturated heterocycles. The molecule has 2 aromatic carbocycles. The topological polar surface area (TPSA) is 103 Å². The van der Waals surface area contributed by atoms with Gasteiger partial charge in [0.25, 0.3) is 0 Å². The van der Waals surface area contributed by atoms with Gasteiger partial charge in [0.2, 0.25) is 0 Å². The minimum atomic E-state index is -0.765. The second-order valence-electron chi connectivity index (χ2n) is 5.13. The van der Waals surface area contributed by atoms with Crippen LogP contribution >= 0.6 is 0 Å². The van der Waals surface area contributed by atoms with Crippen LogP contribution < -0.4 is 0 Å². The smallest absolute Gasteiger partial charge is 0.342 e. The van der Waals surface area contributed by atoms with Crippen LogP contribution in [0, 0.1) is 15.9 Å². The Hall–Kier alpha value is -3.42. The zero-order valence-corrected chi connectivity index (χ0v) is 13.0. The van der Waals surface area contributed by atoms with Gasteiger partial charge in [-0.3, -0.25) is 10.1 Å². The standard InChI is InChI=1S/C17H12FNO6/c1-2-24-17(21)15-11-7-13(20)12(19(22)23)8-14(11)25-16(15)9-3-5-10(18)6-4-9/h3-8,20H,2H2,1H3. The van der Waals surface area contributed by atoms with E-state index in [4.69, 9.17) is 9.15 Å². The van der Waals surface area contributed by atoms with Crippen molar-refractivity contribution in [3.8, 4) is 17.1 Å². The monoisotopic (exact) mass is 345 g/mol. The number of nitro benzene ring substituents is 1. The molecule has 0 atom stereocenters. The number of benzene rings is 2. The Morgan fingerprint density at radius 1 is 1.32 bits per heavy atom. The summed E-state index contributed by atoms with van der Waals surface area (Å²) in [4.78, 5) is 22.5. The molecular weight excluding hydrogens is 333 g/mol. The molecule has 3 aromatic rings. The molecule has 0 fully saturated rings. The van der Waals surface area contributed by atoms with Crippen molar-refractivity contribution in [1.29, 1.82) is 0 Å². The van der Waals surface area contributed by atoms with Crippen molar-refractivity contribution in [3.05, 3.63) is 57.9 Å². The second-order valence-corrected chi connectivity index (χ2v) is 5.13. The summed E-state index contributed by atoms with van der Waals surface area (Å²) in [6.07, 6.45) is 0. The number of rotatable bonds is 4. The van der Waals surface area contributed by atoms with Crippen LogP contribution in [0.4, 0.5) is 10.1 Å². The van der Waals surface area contributed by atoms with Gasteiger partial charge < -0.3 is 14.3 Å². The van der Waals surface area contributed by atoms with E-state index in [-0.39, 0.29) is 28.9 Å². The van der Waals surface area contributed by atoms with Gasteiger partial charge in [-0.15, -0.1) is 0 Å². The number of hydrogen-bond donors (Lipinski definition) is 1. The Kier molecular flexibility index (Phi) is 4.10. The lowest BCUT2D eigenvalue weighted by atomic mass is 10.0. The lowest BCUT2D eigenvalue weighted by molar-refractivity contribution is -0.385. The third-order valence-electron chi connectivity index (χ3n) is 3.57. The number of nitro groups is 1. The fourth-order valence-electron chi connectivity index (χ4n) is 2.48. The van der Waals surface area contributed by atoms with Crippen LogP contribution in [-0.4, -0.2) is 22.6 Å². The van der Waals surface area contributed by atoms with E-state index in [9.17, 15) is 24.4 Å². The van der Waals surface area contributed by atoms with Crippen molar-refractivity contribution in [3.63, 3.8) is 0 Å². The van der Waals surface area contributed by atoms with Crippen LogP contribution in [0.3, 0.4) is 0 Å². The number of ether oxygens (including phenoxy) is 1. The first-order chi connectivity index (χ1) is 11.9. The van der Waals surface area contributed by atoms with Gasteiger partial charge in [0.15, 0.2) is 5.75 Å². The Bertz CT molecular complexity index is 977. The van der Waals surface area contributed by atoms with E-state index in [2.05, 4.69) is 0 Å². The second kappa shape index (κ2) is 6.23. The van der Waals surface area contributed by atoms with Crippen molar-refractivity contribution < 1.29 is 28.4 Å². The van der Waals surface area contributed by atoms with E-state index in [1.54, 1.807) is 6.92 Å². The Balaban J connectivity index is 2.30. The molecule has 1 aromatic heterocycles. The molecule has 0 spiro atoms. The maximum Gasteiger partial charge on any atom is 0.342 e. The van der Waals surface area contributed by atoms with Crippen LogP contribution in [0.2, 0.25) is 0 Å². The molecule has 1 heterocycles.